The number of carbonyl (C=O) groups is 1. The number of pyridine rings is 1. The van der Waals surface area contributed by atoms with Crippen molar-refractivity contribution in [2.45, 2.75) is 0 Å². The van der Waals surface area contributed by atoms with E-state index >= 15 is 0 Å². The summed E-state index contributed by atoms with van der Waals surface area (Å²) in [6.07, 6.45) is 0. The molecule has 1 aromatic heterocycles. The highest BCUT2D eigenvalue weighted by Crippen LogP contribution is 2.40. The van der Waals surface area contributed by atoms with Gasteiger partial charge in [0.15, 0.2) is 11.5 Å². The molecule has 0 spiro atoms. The molecule has 0 saturated heterocycles. The fourth-order valence-corrected chi connectivity index (χ4v) is 1.68. The number of anilines is 1. The summed E-state index contributed by atoms with van der Waals surface area (Å²) in [6, 6.07) is 8.06. The second kappa shape index (κ2) is 6.00. The maximum absolute atomic E-state index is 11.2. The summed E-state index contributed by atoms with van der Waals surface area (Å²) in [5.74, 6) is 0.573. The van der Waals surface area contributed by atoms with Gasteiger partial charge in [0.25, 0.3) is 5.91 Å². The lowest BCUT2D eigenvalue weighted by Gasteiger charge is -2.14. The van der Waals surface area contributed by atoms with Gasteiger partial charge in [-0.2, -0.15) is 0 Å². The van der Waals surface area contributed by atoms with Gasteiger partial charge in [0.2, 0.25) is 11.6 Å². The molecule has 0 aliphatic rings. The zero-order chi connectivity index (χ0) is 15.4. The maximum atomic E-state index is 11.2. The number of methoxy groups -OCH3 is 2. The first-order valence-corrected chi connectivity index (χ1v) is 6.02. The van der Waals surface area contributed by atoms with Gasteiger partial charge < -0.3 is 25.7 Å². The molecule has 1 heterocycles. The van der Waals surface area contributed by atoms with Crippen molar-refractivity contribution < 1.29 is 19.0 Å². The summed E-state index contributed by atoms with van der Waals surface area (Å²) in [4.78, 5) is 15.2. The molecule has 7 nitrogen and oxygen atoms in total. The lowest BCUT2D eigenvalue weighted by Crippen LogP contribution is -2.13. The van der Waals surface area contributed by atoms with Crippen LogP contribution in [0.15, 0.2) is 30.3 Å². The molecule has 0 aliphatic carbocycles. The molecule has 0 fully saturated rings. The Hall–Kier alpha value is -2.96. The Balaban J connectivity index is 2.47. The molecule has 2 aromatic rings. The molecular weight excluding hydrogens is 274 g/mol. The number of nitrogens with two attached hydrogens (primary N) is 2. The first kappa shape index (κ1) is 14.4. The van der Waals surface area contributed by atoms with Crippen molar-refractivity contribution in [1.29, 1.82) is 0 Å². The van der Waals surface area contributed by atoms with E-state index in [4.69, 9.17) is 25.7 Å². The molecule has 4 N–H and O–H groups in total. The smallest absolute Gasteiger partial charge is 0.267 e. The van der Waals surface area contributed by atoms with Crippen molar-refractivity contribution in [2.24, 2.45) is 5.73 Å². The van der Waals surface area contributed by atoms with E-state index in [1.807, 2.05) is 0 Å². The summed E-state index contributed by atoms with van der Waals surface area (Å²) in [6.45, 7) is 0. The predicted molar refractivity (Wildman–Crippen MR) is 76.8 cm³/mol. The topological polar surface area (TPSA) is 110 Å². The summed E-state index contributed by atoms with van der Waals surface area (Å²) in [7, 11) is 3.00. The molecule has 21 heavy (non-hydrogen) atoms. The Morgan fingerprint density at radius 2 is 1.71 bits per heavy atom. The minimum atomic E-state index is -0.674. The standard InChI is InChI=1S/C14H15N3O4/c1-19-10-4-3-5-11(20-2)12(10)21-14-8(15)6-7-9(17-14)13(16)18/h3-7H,15H2,1-2H3,(H2,16,18). The van der Waals surface area contributed by atoms with Crippen LogP contribution in [0.5, 0.6) is 23.1 Å². The Kier molecular flexibility index (Phi) is 4.13. The second-order valence-corrected chi connectivity index (χ2v) is 4.05. The molecule has 0 unspecified atom stereocenters. The summed E-state index contributed by atoms with van der Waals surface area (Å²) < 4.78 is 16.1. The third-order valence-electron chi connectivity index (χ3n) is 2.72. The SMILES string of the molecule is COc1cccc(OC)c1Oc1nc(C(N)=O)ccc1N. The zero-order valence-electron chi connectivity index (χ0n) is 11.6. The Labute approximate surface area is 121 Å². The van der Waals surface area contributed by atoms with Gasteiger partial charge in [-0.3, -0.25) is 4.79 Å². The van der Waals surface area contributed by atoms with Crippen molar-refractivity contribution in [3.63, 3.8) is 0 Å². The number of para-hydroxylation sites is 1. The van der Waals surface area contributed by atoms with E-state index in [2.05, 4.69) is 4.98 Å². The lowest BCUT2D eigenvalue weighted by molar-refractivity contribution is 0.0995. The average Bonchev–Trinajstić information content (AvgIpc) is 2.49. The second-order valence-electron chi connectivity index (χ2n) is 4.05. The number of rotatable bonds is 5. The van der Waals surface area contributed by atoms with Gasteiger partial charge in [-0.25, -0.2) is 4.98 Å². The van der Waals surface area contributed by atoms with E-state index < -0.39 is 5.91 Å². The molecular formula is C14H15N3O4. The molecule has 0 bridgehead atoms. The van der Waals surface area contributed by atoms with E-state index in [0.29, 0.717) is 17.2 Å². The lowest BCUT2D eigenvalue weighted by atomic mass is 10.3. The molecule has 2 rings (SSSR count). The number of hydrogen-bond acceptors (Lipinski definition) is 6. The average molecular weight is 289 g/mol. The number of benzene rings is 1. The fourth-order valence-electron chi connectivity index (χ4n) is 1.68. The molecule has 7 heteroatoms. The molecule has 1 aromatic carbocycles. The monoisotopic (exact) mass is 289 g/mol. The quantitative estimate of drug-likeness (QED) is 0.864. The van der Waals surface area contributed by atoms with Crippen molar-refractivity contribution in [3.05, 3.63) is 36.0 Å². The van der Waals surface area contributed by atoms with Crippen LogP contribution < -0.4 is 25.7 Å². The summed E-state index contributed by atoms with van der Waals surface area (Å²) in [5, 5.41) is 0. The van der Waals surface area contributed by atoms with E-state index in [1.54, 1.807) is 18.2 Å². The van der Waals surface area contributed by atoms with E-state index in [0.717, 1.165) is 0 Å². The van der Waals surface area contributed by atoms with Gasteiger partial charge in [0.05, 0.1) is 19.9 Å². The van der Waals surface area contributed by atoms with Gasteiger partial charge in [0.1, 0.15) is 5.69 Å². The summed E-state index contributed by atoms with van der Waals surface area (Å²) >= 11 is 0. The van der Waals surface area contributed by atoms with Crippen LogP contribution in [0.1, 0.15) is 10.5 Å². The normalized spacial score (nSPS) is 10.0. The van der Waals surface area contributed by atoms with Gasteiger partial charge >= 0.3 is 0 Å². The van der Waals surface area contributed by atoms with Crippen LogP contribution in [0.4, 0.5) is 5.69 Å². The first-order valence-electron chi connectivity index (χ1n) is 6.02. The maximum Gasteiger partial charge on any atom is 0.267 e. The molecule has 0 saturated carbocycles. The third kappa shape index (κ3) is 2.97. The predicted octanol–water partition coefficient (Wildman–Crippen LogP) is 1.57. The number of primary amides is 1. The van der Waals surface area contributed by atoms with E-state index in [1.165, 1.54) is 26.4 Å². The van der Waals surface area contributed by atoms with Gasteiger partial charge in [0, 0.05) is 0 Å². The Bertz CT molecular complexity index is 651. The van der Waals surface area contributed by atoms with E-state index in [-0.39, 0.29) is 17.3 Å². The number of carbonyl (C=O) groups excluding carboxylic acids is 1. The van der Waals surface area contributed by atoms with Crippen LogP contribution in [0.25, 0.3) is 0 Å². The Morgan fingerprint density at radius 1 is 1.10 bits per heavy atom. The molecule has 1 amide bonds. The van der Waals surface area contributed by atoms with Crippen LogP contribution in [0.2, 0.25) is 0 Å². The Morgan fingerprint density at radius 3 is 2.24 bits per heavy atom. The first-order chi connectivity index (χ1) is 10.1. The van der Waals surface area contributed by atoms with Crippen LogP contribution in [-0.2, 0) is 0 Å². The highest BCUT2D eigenvalue weighted by Gasteiger charge is 2.16. The van der Waals surface area contributed by atoms with Crippen LogP contribution in [0, 0.1) is 0 Å². The van der Waals surface area contributed by atoms with Crippen molar-refractivity contribution >= 4 is 11.6 Å². The van der Waals surface area contributed by atoms with Crippen LogP contribution >= 0.6 is 0 Å². The number of ether oxygens (including phenoxy) is 3. The molecule has 0 radical (unpaired) electrons. The van der Waals surface area contributed by atoms with Gasteiger partial charge in [-0.1, -0.05) is 6.07 Å². The van der Waals surface area contributed by atoms with Crippen molar-refractivity contribution in [1.82, 2.24) is 4.98 Å². The molecule has 0 atom stereocenters. The minimum Gasteiger partial charge on any atom is -0.493 e. The number of nitrogen functional groups attached to an aromatic ring is 1. The van der Waals surface area contributed by atoms with Gasteiger partial charge in [-0.15, -0.1) is 0 Å². The largest absolute Gasteiger partial charge is 0.493 e. The van der Waals surface area contributed by atoms with Crippen molar-refractivity contribution in [3.8, 4) is 23.1 Å². The number of nitrogens with zero attached hydrogens (tertiary/aromatic N) is 1. The summed E-state index contributed by atoms with van der Waals surface area (Å²) in [5.41, 5.74) is 11.3. The highest BCUT2D eigenvalue weighted by molar-refractivity contribution is 5.91. The van der Waals surface area contributed by atoms with Crippen molar-refractivity contribution in [2.75, 3.05) is 20.0 Å². The van der Waals surface area contributed by atoms with Gasteiger partial charge in [-0.05, 0) is 24.3 Å². The fraction of sp³-hybridized carbons (Fsp3) is 0.143. The highest BCUT2D eigenvalue weighted by atomic mass is 16.5. The van der Waals surface area contributed by atoms with E-state index in [9.17, 15) is 4.79 Å². The third-order valence-corrected chi connectivity index (χ3v) is 2.72. The number of amides is 1. The van der Waals surface area contributed by atoms with Crippen LogP contribution in [-0.4, -0.2) is 25.1 Å². The molecule has 110 valence electrons. The number of aromatic nitrogens is 1. The number of hydrogen-bond donors (Lipinski definition) is 2. The molecule has 0 aliphatic heterocycles. The zero-order valence-corrected chi connectivity index (χ0v) is 11.6. The van der Waals surface area contributed by atoms with Crippen LogP contribution in [0.3, 0.4) is 0 Å². The minimum absolute atomic E-state index is 0.0491.